The minimum absolute atomic E-state index is 0.227. The van der Waals surface area contributed by atoms with Crippen molar-refractivity contribution in [2.45, 2.75) is 6.92 Å². The molecule has 29 heavy (non-hydrogen) atoms. The van der Waals surface area contributed by atoms with Crippen molar-refractivity contribution >= 4 is 51.0 Å². The third-order valence-corrected chi connectivity index (χ3v) is 5.91. The van der Waals surface area contributed by atoms with E-state index in [0.717, 1.165) is 37.6 Å². The average Bonchev–Trinajstić information content (AvgIpc) is 3.21. The molecule has 1 amide bonds. The molecule has 1 saturated heterocycles. The molecule has 2 heterocycles. The molecular formula is C21H21ClN4O2S. The molecule has 0 aliphatic carbocycles. The van der Waals surface area contributed by atoms with E-state index in [-0.39, 0.29) is 5.91 Å². The molecule has 0 bridgehead atoms. The standard InChI is InChI=1S/C21H21ClN4O2S/c1-14-3-2-4-17(22)19(14)25-20(27)18-13-23-21(29-18)24-15-5-7-16(8-6-15)26-9-11-28-12-10-26/h2-8,13H,9-12H2,1H3,(H,23,24)(H,25,27). The van der Waals surface area contributed by atoms with Crippen LogP contribution >= 0.6 is 22.9 Å². The number of para-hydroxylation sites is 1. The van der Waals surface area contributed by atoms with Crippen LogP contribution in [0.25, 0.3) is 0 Å². The molecule has 150 valence electrons. The second kappa shape index (κ2) is 8.82. The molecule has 0 spiro atoms. The summed E-state index contributed by atoms with van der Waals surface area (Å²) < 4.78 is 5.40. The van der Waals surface area contributed by atoms with E-state index in [1.165, 1.54) is 17.0 Å². The quantitative estimate of drug-likeness (QED) is 0.602. The fourth-order valence-electron chi connectivity index (χ4n) is 3.10. The number of morpholine rings is 1. The van der Waals surface area contributed by atoms with Crippen molar-refractivity contribution in [1.82, 2.24) is 4.98 Å². The number of rotatable bonds is 5. The highest BCUT2D eigenvalue weighted by Gasteiger charge is 2.14. The van der Waals surface area contributed by atoms with E-state index in [2.05, 4.69) is 32.7 Å². The smallest absolute Gasteiger partial charge is 0.267 e. The van der Waals surface area contributed by atoms with E-state index >= 15 is 0 Å². The fraction of sp³-hybridized carbons (Fsp3) is 0.238. The van der Waals surface area contributed by atoms with Crippen LogP contribution in [-0.4, -0.2) is 37.2 Å². The number of carbonyl (C=O) groups excluding carboxylic acids is 1. The predicted molar refractivity (Wildman–Crippen MR) is 119 cm³/mol. The zero-order valence-corrected chi connectivity index (χ0v) is 17.5. The topological polar surface area (TPSA) is 66.5 Å². The largest absolute Gasteiger partial charge is 0.378 e. The van der Waals surface area contributed by atoms with Crippen LogP contribution in [0.15, 0.2) is 48.7 Å². The first-order valence-electron chi connectivity index (χ1n) is 9.32. The molecule has 2 N–H and O–H groups in total. The van der Waals surface area contributed by atoms with Gasteiger partial charge < -0.3 is 20.3 Å². The number of hydrogen-bond acceptors (Lipinski definition) is 6. The molecule has 2 aromatic carbocycles. The van der Waals surface area contributed by atoms with Crippen molar-refractivity contribution in [2.24, 2.45) is 0 Å². The molecule has 1 aromatic heterocycles. The first kappa shape index (κ1) is 19.7. The predicted octanol–water partition coefficient (Wildman–Crippen LogP) is 4.94. The van der Waals surface area contributed by atoms with Crippen LogP contribution in [0.3, 0.4) is 0 Å². The molecule has 0 atom stereocenters. The Hall–Kier alpha value is -2.61. The summed E-state index contributed by atoms with van der Waals surface area (Å²) in [5.74, 6) is -0.227. The second-order valence-electron chi connectivity index (χ2n) is 6.69. The van der Waals surface area contributed by atoms with Crippen LogP contribution in [0.5, 0.6) is 0 Å². The number of anilines is 4. The van der Waals surface area contributed by atoms with Crippen molar-refractivity contribution in [3.05, 3.63) is 64.1 Å². The Morgan fingerprint density at radius 2 is 1.93 bits per heavy atom. The van der Waals surface area contributed by atoms with Gasteiger partial charge in [0.15, 0.2) is 5.13 Å². The summed E-state index contributed by atoms with van der Waals surface area (Å²) >= 11 is 7.49. The number of aromatic nitrogens is 1. The van der Waals surface area contributed by atoms with Gasteiger partial charge in [0.2, 0.25) is 0 Å². The summed E-state index contributed by atoms with van der Waals surface area (Å²) in [6, 6.07) is 13.7. The van der Waals surface area contributed by atoms with Gasteiger partial charge in [-0.3, -0.25) is 4.79 Å². The molecule has 8 heteroatoms. The number of nitrogens with zero attached hydrogens (tertiary/aromatic N) is 2. The number of carbonyl (C=O) groups is 1. The molecule has 0 unspecified atom stereocenters. The van der Waals surface area contributed by atoms with E-state index in [4.69, 9.17) is 16.3 Å². The van der Waals surface area contributed by atoms with Gasteiger partial charge in [0.1, 0.15) is 4.88 Å². The van der Waals surface area contributed by atoms with E-state index in [9.17, 15) is 4.79 Å². The lowest BCUT2D eigenvalue weighted by molar-refractivity contribution is 0.103. The molecular weight excluding hydrogens is 408 g/mol. The van der Waals surface area contributed by atoms with Gasteiger partial charge in [0.05, 0.1) is 30.1 Å². The van der Waals surface area contributed by atoms with Gasteiger partial charge in [-0.2, -0.15) is 0 Å². The molecule has 0 radical (unpaired) electrons. The number of nitrogens with one attached hydrogen (secondary N) is 2. The Morgan fingerprint density at radius 1 is 1.17 bits per heavy atom. The van der Waals surface area contributed by atoms with Crippen molar-refractivity contribution < 1.29 is 9.53 Å². The Labute approximate surface area is 178 Å². The van der Waals surface area contributed by atoms with E-state index in [1.54, 1.807) is 12.3 Å². The lowest BCUT2D eigenvalue weighted by Crippen LogP contribution is -2.36. The Kier molecular flexibility index (Phi) is 5.99. The fourth-order valence-corrected chi connectivity index (χ4v) is 4.10. The molecule has 1 fully saturated rings. The Balaban J connectivity index is 1.40. The molecule has 1 aliphatic heterocycles. The second-order valence-corrected chi connectivity index (χ2v) is 8.12. The normalized spacial score (nSPS) is 13.9. The molecule has 1 aliphatic rings. The van der Waals surface area contributed by atoms with Crippen LogP contribution in [0.1, 0.15) is 15.2 Å². The lowest BCUT2D eigenvalue weighted by atomic mass is 10.2. The first-order valence-corrected chi connectivity index (χ1v) is 10.5. The Morgan fingerprint density at radius 3 is 2.66 bits per heavy atom. The third kappa shape index (κ3) is 4.70. The zero-order valence-electron chi connectivity index (χ0n) is 15.9. The van der Waals surface area contributed by atoms with Crippen LogP contribution in [0.4, 0.5) is 22.2 Å². The number of ether oxygens (including phenoxy) is 1. The van der Waals surface area contributed by atoms with Gasteiger partial charge >= 0.3 is 0 Å². The van der Waals surface area contributed by atoms with Crippen molar-refractivity contribution in [1.29, 1.82) is 0 Å². The average molecular weight is 429 g/mol. The van der Waals surface area contributed by atoms with E-state index in [0.29, 0.717) is 20.7 Å². The van der Waals surface area contributed by atoms with Gasteiger partial charge in [-0.1, -0.05) is 35.1 Å². The molecule has 6 nitrogen and oxygen atoms in total. The maximum Gasteiger partial charge on any atom is 0.267 e. The van der Waals surface area contributed by atoms with Crippen LogP contribution in [0.2, 0.25) is 5.02 Å². The van der Waals surface area contributed by atoms with Crippen molar-refractivity contribution in [2.75, 3.05) is 41.8 Å². The minimum atomic E-state index is -0.227. The van der Waals surface area contributed by atoms with E-state index in [1.807, 2.05) is 31.2 Å². The highest BCUT2D eigenvalue weighted by atomic mass is 35.5. The molecule has 3 aromatic rings. The summed E-state index contributed by atoms with van der Waals surface area (Å²) in [5.41, 5.74) is 3.63. The minimum Gasteiger partial charge on any atom is -0.378 e. The summed E-state index contributed by atoms with van der Waals surface area (Å²) in [6.07, 6.45) is 1.57. The van der Waals surface area contributed by atoms with Gasteiger partial charge in [-0.25, -0.2) is 4.98 Å². The number of aryl methyl sites for hydroxylation is 1. The number of halogens is 1. The van der Waals surface area contributed by atoms with Gasteiger partial charge in [0.25, 0.3) is 5.91 Å². The maximum absolute atomic E-state index is 12.6. The summed E-state index contributed by atoms with van der Waals surface area (Å²) in [4.78, 5) is 19.7. The zero-order chi connectivity index (χ0) is 20.2. The summed E-state index contributed by atoms with van der Waals surface area (Å²) in [6.45, 7) is 5.24. The van der Waals surface area contributed by atoms with Crippen molar-refractivity contribution in [3.63, 3.8) is 0 Å². The highest BCUT2D eigenvalue weighted by molar-refractivity contribution is 7.17. The highest BCUT2D eigenvalue weighted by Crippen LogP contribution is 2.28. The summed E-state index contributed by atoms with van der Waals surface area (Å²) in [5, 5.41) is 7.30. The number of hydrogen-bond donors (Lipinski definition) is 2. The summed E-state index contributed by atoms with van der Waals surface area (Å²) in [7, 11) is 0. The number of thiazole rings is 1. The number of benzene rings is 2. The molecule has 4 rings (SSSR count). The monoisotopic (exact) mass is 428 g/mol. The third-order valence-electron chi connectivity index (χ3n) is 4.68. The van der Waals surface area contributed by atoms with Gasteiger partial charge in [-0.05, 0) is 42.8 Å². The van der Waals surface area contributed by atoms with Gasteiger partial charge in [0, 0.05) is 24.5 Å². The van der Waals surface area contributed by atoms with Crippen LogP contribution in [-0.2, 0) is 4.74 Å². The molecule has 0 saturated carbocycles. The van der Waals surface area contributed by atoms with Crippen LogP contribution in [0, 0.1) is 6.92 Å². The number of amides is 1. The SMILES string of the molecule is Cc1cccc(Cl)c1NC(=O)c1cnc(Nc2ccc(N3CCOCC3)cc2)s1. The maximum atomic E-state index is 12.6. The Bertz CT molecular complexity index is 980. The van der Waals surface area contributed by atoms with E-state index < -0.39 is 0 Å². The van der Waals surface area contributed by atoms with Crippen LogP contribution < -0.4 is 15.5 Å². The van der Waals surface area contributed by atoms with Gasteiger partial charge in [-0.15, -0.1) is 0 Å². The van der Waals surface area contributed by atoms with Crippen molar-refractivity contribution in [3.8, 4) is 0 Å². The first-order chi connectivity index (χ1) is 14.1. The lowest BCUT2D eigenvalue weighted by Gasteiger charge is -2.28.